The van der Waals surface area contributed by atoms with E-state index in [0.29, 0.717) is 0 Å². The van der Waals surface area contributed by atoms with E-state index in [1.165, 1.54) is 5.56 Å². The molecule has 0 aliphatic heterocycles. The van der Waals surface area contributed by atoms with Gasteiger partial charge in [-0.2, -0.15) is 5.10 Å². The molecule has 4 nitrogen and oxygen atoms in total. The lowest BCUT2D eigenvalue weighted by Crippen LogP contribution is -2.42. The molecule has 4 heteroatoms. The van der Waals surface area contributed by atoms with Gasteiger partial charge in [-0.25, -0.2) is 0 Å². The first-order chi connectivity index (χ1) is 8.11. The van der Waals surface area contributed by atoms with E-state index in [0.717, 1.165) is 19.6 Å². The highest BCUT2D eigenvalue weighted by molar-refractivity contribution is 5.15. The van der Waals surface area contributed by atoms with Crippen LogP contribution in [-0.2, 0) is 11.3 Å². The van der Waals surface area contributed by atoms with Crippen LogP contribution in [0.4, 0.5) is 0 Å². The van der Waals surface area contributed by atoms with Crippen molar-refractivity contribution in [2.45, 2.75) is 52.3 Å². The van der Waals surface area contributed by atoms with Gasteiger partial charge in [0.15, 0.2) is 0 Å². The van der Waals surface area contributed by atoms with Crippen molar-refractivity contribution in [1.29, 1.82) is 0 Å². The Bertz CT molecular complexity index is 337. The minimum atomic E-state index is -0.189. The number of nitrogens with zero attached hydrogens (tertiary/aromatic N) is 2. The van der Waals surface area contributed by atoms with Crippen LogP contribution in [0.3, 0.4) is 0 Å². The highest BCUT2D eigenvalue weighted by atomic mass is 16.5. The van der Waals surface area contributed by atoms with E-state index in [1.54, 1.807) is 0 Å². The maximum atomic E-state index is 5.93. The molecule has 0 radical (unpaired) electrons. The highest BCUT2D eigenvalue weighted by Crippen LogP contribution is 2.31. The maximum Gasteiger partial charge on any atom is 0.0846 e. The number of aryl methyl sites for hydroxylation is 1. The molecule has 0 bridgehead atoms. The van der Waals surface area contributed by atoms with Crippen molar-refractivity contribution in [2.75, 3.05) is 13.7 Å². The monoisotopic (exact) mass is 239 g/mol. The molecule has 1 aromatic heterocycles. The lowest BCUT2D eigenvalue weighted by Gasteiger charge is -2.36. The number of hydrogen-bond donors (Lipinski definition) is 1. The molecule has 1 aromatic rings. The van der Waals surface area contributed by atoms with Gasteiger partial charge in [-0.05, 0) is 34.2 Å². The fraction of sp³-hybridized carbons (Fsp3) is 0.769. The Morgan fingerprint density at radius 1 is 1.47 bits per heavy atom. The molecule has 2 atom stereocenters. The summed E-state index contributed by atoms with van der Waals surface area (Å²) < 4.78 is 7.88. The maximum absolute atomic E-state index is 5.93. The number of rotatable bonds is 7. The van der Waals surface area contributed by atoms with Crippen LogP contribution in [0.1, 0.15) is 45.7 Å². The largest absolute Gasteiger partial charge is 0.374 e. The molecule has 0 aliphatic carbocycles. The molecule has 0 saturated carbocycles. The summed E-state index contributed by atoms with van der Waals surface area (Å²) in [6, 6.07) is 0.174. The van der Waals surface area contributed by atoms with Gasteiger partial charge in [-0.15, -0.1) is 0 Å². The standard InChI is InChI=1S/C13H25N3O/c1-6-13(4,17-8-3)12(14-5)11-9-15-16(7-2)10-11/h9-10,12,14H,6-8H2,1-5H3. The summed E-state index contributed by atoms with van der Waals surface area (Å²) in [7, 11) is 1.97. The highest BCUT2D eigenvalue weighted by Gasteiger charge is 2.34. The molecule has 1 rings (SSSR count). The van der Waals surface area contributed by atoms with Gasteiger partial charge in [0.25, 0.3) is 0 Å². The van der Waals surface area contributed by atoms with Crippen LogP contribution < -0.4 is 5.32 Å². The first-order valence-electron chi connectivity index (χ1n) is 6.44. The quantitative estimate of drug-likeness (QED) is 0.794. The van der Waals surface area contributed by atoms with Gasteiger partial charge in [-0.3, -0.25) is 4.68 Å². The predicted octanol–water partition coefficient (Wildman–Crippen LogP) is 2.37. The Balaban J connectivity index is 2.95. The van der Waals surface area contributed by atoms with Gasteiger partial charge in [-0.1, -0.05) is 6.92 Å². The van der Waals surface area contributed by atoms with Gasteiger partial charge < -0.3 is 10.1 Å². The zero-order chi connectivity index (χ0) is 12.9. The zero-order valence-electron chi connectivity index (χ0n) is 11.7. The summed E-state index contributed by atoms with van der Waals surface area (Å²) in [5.74, 6) is 0. The van der Waals surface area contributed by atoms with Gasteiger partial charge in [0.05, 0.1) is 17.8 Å². The Labute approximate surface area is 104 Å². The van der Waals surface area contributed by atoms with Crippen molar-refractivity contribution < 1.29 is 4.74 Å². The summed E-state index contributed by atoms with van der Waals surface area (Å²) in [6.07, 6.45) is 4.98. The summed E-state index contributed by atoms with van der Waals surface area (Å²) in [5, 5.41) is 7.69. The Hall–Kier alpha value is -0.870. The second-order valence-electron chi connectivity index (χ2n) is 4.45. The van der Waals surface area contributed by atoms with Crippen molar-refractivity contribution in [3.05, 3.63) is 18.0 Å². The second kappa shape index (κ2) is 6.17. The van der Waals surface area contributed by atoms with Crippen molar-refractivity contribution >= 4 is 0 Å². The molecule has 0 aromatic carbocycles. The van der Waals surface area contributed by atoms with E-state index < -0.39 is 0 Å². The third kappa shape index (κ3) is 3.07. The average molecular weight is 239 g/mol. The molecule has 0 spiro atoms. The number of hydrogen-bond acceptors (Lipinski definition) is 3. The van der Waals surface area contributed by atoms with E-state index in [2.05, 4.69) is 37.4 Å². The molecule has 0 amide bonds. The fourth-order valence-corrected chi connectivity index (χ4v) is 2.25. The van der Waals surface area contributed by atoms with Gasteiger partial charge in [0, 0.05) is 24.9 Å². The molecule has 1 heterocycles. The lowest BCUT2D eigenvalue weighted by molar-refractivity contribution is -0.0547. The molecule has 1 N–H and O–H groups in total. The number of aromatic nitrogens is 2. The molecule has 17 heavy (non-hydrogen) atoms. The molecule has 0 saturated heterocycles. The number of likely N-dealkylation sites (N-methyl/N-ethyl adjacent to an activating group) is 1. The fourth-order valence-electron chi connectivity index (χ4n) is 2.25. The predicted molar refractivity (Wildman–Crippen MR) is 70.0 cm³/mol. The van der Waals surface area contributed by atoms with E-state index in [-0.39, 0.29) is 11.6 Å². The SMILES string of the molecule is CCOC(C)(CC)C(NC)c1cnn(CC)c1. The summed E-state index contributed by atoms with van der Waals surface area (Å²) in [4.78, 5) is 0. The minimum Gasteiger partial charge on any atom is -0.374 e. The topological polar surface area (TPSA) is 39.1 Å². The minimum absolute atomic E-state index is 0.174. The van der Waals surface area contributed by atoms with Gasteiger partial charge in [0.1, 0.15) is 0 Å². The van der Waals surface area contributed by atoms with Crippen LogP contribution >= 0.6 is 0 Å². The van der Waals surface area contributed by atoms with Crippen LogP contribution in [0.15, 0.2) is 12.4 Å². The van der Waals surface area contributed by atoms with Crippen molar-refractivity contribution in [2.24, 2.45) is 0 Å². The molecule has 98 valence electrons. The molecular formula is C13H25N3O. The Morgan fingerprint density at radius 3 is 2.59 bits per heavy atom. The van der Waals surface area contributed by atoms with Crippen LogP contribution in [0.25, 0.3) is 0 Å². The van der Waals surface area contributed by atoms with E-state index >= 15 is 0 Å². The first-order valence-corrected chi connectivity index (χ1v) is 6.44. The van der Waals surface area contributed by atoms with Crippen molar-refractivity contribution in [3.8, 4) is 0 Å². The lowest BCUT2D eigenvalue weighted by atomic mass is 9.89. The molecule has 0 aliphatic rings. The third-order valence-corrected chi connectivity index (χ3v) is 3.39. The normalized spacial score (nSPS) is 16.8. The van der Waals surface area contributed by atoms with Crippen LogP contribution in [0, 0.1) is 0 Å². The summed E-state index contributed by atoms with van der Waals surface area (Å²) >= 11 is 0. The zero-order valence-corrected chi connectivity index (χ0v) is 11.7. The van der Waals surface area contributed by atoms with Gasteiger partial charge in [0.2, 0.25) is 0 Å². The second-order valence-corrected chi connectivity index (χ2v) is 4.45. The first kappa shape index (κ1) is 14.2. The smallest absolute Gasteiger partial charge is 0.0846 e. The Kier molecular flexibility index (Phi) is 5.15. The van der Waals surface area contributed by atoms with Crippen LogP contribution in [-0.4, -0.2) is 29.0 Å². The van der Waals surface area contributed by atoms with Crippen LogP contribution in [0.5, 0.6) is 0 Å². The van der Waals surface area contributed by atoms with E-state index in [1.807, 2.05) is 24.9 Å². The van der Waals surface area contributed by atoms with E-state index in [9.17, 15) is 0 Å². The molecule has 2 unspecified atom stereocenters. The number of nitrogens with one attached hydrogen (secondary N) is 1. The average Bonchev–Trinajstić information content (AvgIpc) is 2.79. The molecular weight excluding hydrogens is 214 g/mol. The van der Waals surface area contributed by atoms with Crippen molar-refractivity contribution in [1.82, 2.24) is 15.1 Å². The van der Waals surface area contributed by atoms with Crippen molar-refractivity contribution in [3.63, 3.8) is 0 Å². The molecule has 0 fully saturated rings. The summed E-state index contributed by atoms with van der Waals surface area (Å²) in [6.45, 7) is 10.1. The van der Waals surface area contributed by atoms with E-state index in [4.69, 9.17) is 4.74 Å². The third-order valence-electron chi connectivity index (χ3n) is 3.39. The Morgan fingerprint density at radius 2 is 2.18 bits per heavy atom. The number of ether oxygens (including phenoxy) is 1. The van der Waals surface area contributed by atoms with Crippen LogP contribution in [0.2, 0.25) is 0 Å². The van der Waals surface area contributed by atoms with Gasteiger partial charge >= 0.3 is 0 Å². The summed E-state index contributed by atoms with van der Waals surface area (Å²) in [5.41, 5.74) is 0.998.